The molecule has 20 heavy (non-hydrogen) atoms. The first-order chi connectivity index (χ1) is 9.31. The Balaban J connectivity index is 2.70. The molecule has 0 aliphatic carbocycles. The summed E-state index contributed by atoms with van der Waals surface area (Å²) in [4.78, 5) is 1.89. The van der Waals surface area contributed by atoms with Gasteiger partial charge in [-0.25, -0.2) is 0 Å². The maximum atomic E-state index is 12.5. The second kappa shape index (κ2) is 7.75. The van der Waals surface area contributed by atoms with Gasteiger partial charge in [-0.15, -0.1) is 0 Å². The van der Waals surface area contributed by atoms with Crippen LogP contribution in [-0.2, 0) is 17.3 Å². The Kier molecular flexibility index (Phi) is 6.64. The van der Waals surface area contributed by atoms with Crippen molar-refractivity contribution in [3.63, 3.8) is 0 Å². The van der Waals surface area contributed by atoms with Gasteiger partial charge in [0.05, 0.1) is 6.54 Å². The monoisotopic (exact) mass is 309 g/mol. The van der Waals surface area contributed by atoms with E-state index in [0.717, 1.165) is 5.56 Å². The van der Waals surface area contributed by atoms with Crippen LogP contribution in [0.15, 0.2) is 29.2 Å². The lowest BCUT2D eigenvalue weighted by atomic mass is 10.2. The Morgan fingerprint density at radius 2 is 1.85 bits per heavy atom. The fraction of sp³-hybridized carbons (Fsp3) is 0.538. The molecule has 0 spiro atoms. The third-order valence-electron chi connectivity index (χ3n) is 2.70. The molecule has 1 rings (SSSR count). The summed E-state index contributed by atoms with van der Waals surface area (Å²) in [5, 5.41) is 8.74. The molecule has 1 unspecified atom stereocenters. The van der Waals surface area contributed by atoms with E-state index < -0.39 is 23.5 Å². The molecule has 3 nitrogen and oxygen atoms in total. The molecular formula is C13H18F3NO2S. The normalized spacial score (nSPS) is 13.7. The Labute approximate surface area is 118 Å². The van der Waals surface area contributed by atoms with Crippen LogP contribution < -0.4 is 0 Å². The summed E-state index contributed by atoms with van der Waals surface area (Å²) in [5.74, 6) is 0. The second-order valence-corrected chi connectivity index (χ2v) is 5.88. The van der Waals surface area contributed by atoms with Crippen molar-refractivity contribution in [2.24, 2.45) is 0 Å². The highest BCUT2D eigenvalue weighted by molar-refractivity contribution is 7.84. The molecule has 1 aromatic rings. The van der Waals surface area contributed by atoms with Gasteiger partial charge < -0.3 is 5.11 Å². The summed E-state index contributed by atoms with van der Waals surface area (Å²) in [6, 6.07) is 6.67. The lowest BCUT2D eigenvalue weighted by Crippen LogP contribution is -2.34. The van der Waals surface area contributed by atoms with Crippen LogP contribution in [0.1, 0.15) is 12.0 Å². The Morgan fingerprint density at radius 1 is 1.25 bits per heavy atom. The largest absolute Gasteiger partial charge is 0.401 e. The molecule has 1 atom stereocenters. The van der Waals surface area contributed by atoms with Crippen LogP contribution in [0.2, 0.25) is 0 Å². The Morgan fingerprint density at radius 3 is 2.30 bits per heavy atom. The van der Waals surface area contributed by atoms with Crippen LogP contribution in [0.4, 0.5) is 13.2 Å². The van der Waals surface area contributed by atoms with Gasteiger partial charge in [-0.05, 0) is 24.1 Å². The predicted molar refractivity (Wildman–Crippen MR) is 71.8 cm³/mol. The number of halogens is 3. The van der Waals surface area contributed by atoms with Gasteiger partial charge in [0.15, 0.2) is 0 Å². The zero-order valence-corrected chi connectivity index (χ0v) is 12.0. The third kappa shape index (κ3) is 6.49. The van der Waals surface area contributed by atoms with Crippen molar-refractivity contribution in [2.45, 2.75) is 24.0 Å². The van der Waals surface area contributed by atoms with Crippen molar-refractivity contribution >= 4 is 10.8 Å². The lowest BCUT2D eigenvalue weighted by Gasteiger charge is -2.23. The highest BCUT2D eigenvalue weighted by Crippen LogP contribution is 2.18. The minimum absolute atomic E-state index is 0.137. The molecular weight excluding hydrogens is 291 g/mol. The number of aliphatic hydroxyl groups excluding tert-OH is 1. The minimum Gasteiger partial charge on any atom is -0.396 e. The highest BCUT2D eigenvalue weighted by Gasteiger charge is 2.30. The van der Waals surface area contributed by atoms with E-state index >= 15 is 0 Å². The highest BCUT2D eigenvalue weighted by atomic mass is 32.2. The molecule has 114 valence electrons. The van der Waals surface area contributed by atoms with E-state index in [1.165, 1.54) is 4.90 Å². The van der Waals surface area contributed by atoms with Crippen LogP contribution in [-0.4, -0.2) is 46.3 Å². The van der Waals surface area contributed by atoms with Crippen molar-refractivity contribution in [1.82, 2.24) is 4.90 Å². The molecule has 0 bridgehead atoms. The number of alkyl halides is 3. The topological polar surface area (TPSA) is 40.5 Å². The van der Waals surface area contributed by atoms with Gasteiger partial charge in [-0.1, -0.05) is 12.1 Å². The third-order valence-corrected chi connectivity index (χ3v) is 3.63. The van der Waals surface area contributed by atoms with Crippen LogP contribution >= 0.6 is 0 Å². The van der Waals surface area contributed by atoms with Gasteiger partial charge in [-0.2, -0.15) is 13.2 Å². The number of nitrogens with zero attached hydrogens (tertiary/aromatic N) is 1. The smallest absolute Gasteiger partial charge is 0.396 e. The van der Waals surface area contributed by atoms with Gasteiger partial charge in [0.2, 0.25) is 0 Å². The van der Waals surface area contributed by atoms with Crippen molar-refractivity contribution in [2.75, 3.05) is 26.0 Å². The van der Waals surface area contributed by atoms with E-state index in [2.05, 4.69) is 0 Å². The van der Waals surface area contributed by atoms with Crippen LogP contribution in [0.5, 0.6) is 0 Å². The standard InChI is InChI=1S/C13H18F3NO2S/c1-20(19)12-5-3-11(4-6-12)9-17(7-2-8-18)10-13(14,15)16/h3-6,18H,2,7-10H2,1H3. The zero-order chi connectivity index (χ0) is 15.2. The molecule has 0 saturated heterocycles. The quantitative estimate of drug-likeness (QED) is 0.839. The first-order valence-electron chi connectivity index (χ1n) is 6.14. The van der Waals surface area contributed by atoms with Gasteiger partial charge in [0, 0.05) is 41.6 Å². The molecule has 1 aromatic carbocycles. The summed E-state index contributed by atoms with van der Waals surface area (Å²) < 4.78 is 48.6. The summed E-state index contributed by atoms with van der Waals surface area (Å²) >= 11 is 0. The first kappa shape index (κ1) is 17.1. The van der Waals surface area contributed by atoms with E-state index in [1.807, 2.05) is 0 Å². The van der Waals surface area contributed by atoms with Crippen molar-refractivity contribution in [3.05, 3.63) is 29.8 Å². The average molecular weight is 309 g/mol. The van der Waals surface area contributed by atoms with Gasteiger partial charge >= 0.3 is 6.18 Å². The lowest BCUT2D eigenvalue weighted by molar-refractivity contribution is -0.147. The minimum atomic E-state index is -4.26. The fourth-order valence-electron chi connectivity index (χ4n) is 1.81. The van der Waals surface area contributed by atoms with E-state index in [0.29, 0.717) is 11.3 Å². The molecule has 0 aromatic heterocycles. The number of rotatable bonds is 7. The van der Waals surface area contributed by atoms with E-state index in [1.54, 1.807) is 30.5 Å². The molecule has 1 N–H and O–H groups in total. The van der Waals surface area contributed by atoms with Crippen LogP contribution in [0.25, 0.3) is 0 Å². The maximum Gasteiger partial charge on any atom is 0.401 e. The maximum absolute atomic E-state index is 12.5. The van der Waals surface area contributed by atoms with Gasteiger partial charge in [0.1, 0.15) is 0 Å². The summed E-state index contributed by atoms with van der Waals surface area (Å²) in [6.45, 7) is -0.815. The molecule has 0 fully saturated rings. The zero-order valence-electron chi connectivity index (χ0n) is 11.2. The van der Waals surface area contributed by atoms with Gasteiger partial charge in [-0.3, -0.25) is 9.11 Å². The molecule has 0 saturated carbocycles. The predicted octanol–water partition coefficient (Wildman–Crippen LogP) is 2.17. The van der Waals surface area contributed by atoms with Crippen molar-refractivity contribution in [3.8, 4) is 0 Å². The van der Waals surface area contributed by atoms with Crippen LogP contribution in [0.3, 0.4) is 0 Å². The Hall–Kier alpha value is -0.920. The number of aliphatic hydroxyl groups is 1. The van der Waals surface area contributed by atoms with E-state index in [-0.39, 0.29) is 19.7 Å². The second-order valence-electron chi connectivity index (χ2n) is 4.50. The molecule has 0 radical (unpaired) electrons. The SMILES string of the molecule is CS(=O)c1ccc(CN(CCCO)CC(F)(F)F)cc1. The Bertz CT molecular complexity index is 434. The van der Waals surface area contributed by atoms with E-state index in [9.17, 15) is 17.4 Å². The average Bonchev–Trinajstić information content (AvgIpc) is 2.35. The number of benzene rings is 1. The van der Waals surface area contributed by atoms with Crippen molar-refractivity contribution < 1.29 is 22.5 Å². The molecule has 0 amide bonds. The fourth-order valence-corrected chi connectivity index (χ4v) is 2.33. The molecule has 0 heterocycles. The number of hydrogen-bond donors (Lipinski definition) is 1. The van der Waals surface area contributed by atoms with E-state index in [4.69, 9.17) is 5.11 Å². The summed E-state index contributed by atoms with van der Waals surface area (Å²) in [6.07, 6.45) is -2.42. The first-order valence-corrected chi connectivity index (χ1v) is 7.70. The van der Waals surface area contributed by atoms with Crippen molar-refractivity contribution in [1.29, 1.82) is 0 Å². The molecule has 0 aliphatic rings. The molecule has 0 aliphatic heterocycles. The summed E-state index contributed by atoms with van der Waals surface area (Å²) in [5.41, 5.74) is 0.724. The number of hydrogen-bond acceptors (Lipinski definition) is 3. The van der Waals surface area contributed by atoms with Crippen LogP contribution in [0, 0.1) is 0 Å². The molecule has 7 heteroatoms. The van der Waals surface area contributed by atoms with Gasteiger partial charge in [0.25, 0.3) is 0 Å². The summed E-state index contributed by atoms with van der Waals surface area (Å²) in [7, 11) is -1.10.